The molecule has 152 valence electrons. The average Bonchev–Trinajstić information content (AvgIpc) is 3.11. The number of nitrogens with one attached hydrogen (secondary N) is 1. The first-order valence-electron chi connectivity index (χ1n) is 9.85. The molecule has 0 spiro atoms. The summed E-state index contributed by atoms with van der Waals surface area (Å²) in [5, 5.41) is 3.40. The molecule has 0 unspecified atom stereocenters. The Kier molecular flexibility index (Phi) is 6.07. The number of carbonyl (C=O) groups excluding carboxylic acids is 2. The molecule has 0 fully saturated rings. The fourth-order valence-electron chi connectivity index (χ4n) is 3.67. The summed E-state index contributed by atoms with van der Waals surface area (Å²) >= 11 is 1.45. The minimum absolute atomic E-state index is 0.277. The van der Waals surface area contributed by atoms with E-state index in [9.17, 15) is 9.59 Å². The fraction of sp³-hybridized carbons (Fsp3) is 0.167. The Morgan fingerprint density at radius 3 is 2.47 bits per heavy atom. The highest BCUT2D eigenvalue weighted by atomic mass is 32.1. The summed E-state index contributed by atoms with van der Waals surface area (Å²) in [5.41, 5.74) is 9.28. The number of fused-ring (bicyclic) bond motifs is 1. The van der Waals surface area contributed by atoms with Crippen molar-refractivity contribution in [2.45, 2.75) is 19.5 Å². The van der Waals surface area contributed by atoms with Crippen LogP contribution in [0.4, 0.5) is 5.00 Å². The molecular formula is C24H23N3O2S. The molecule has 30 heavy (non-hydrogen) atoms. The Labute approximate surface area is 179 Å². The van der Waals surface area contributed by atoms with Crippen LogP contribution in [0.3, 0.4) is 0 Å². The zero-order valence-electron chi connectivity index (χ0n) is 16.5. The van der Waals surface area contributed by atoms with Gasteiger partial charge in [0.2, 0.25) is 5.91 Å². The zero-order chi connectivity index (χ0) is 20.9. The number of hydrogen-bond donors (Lipinski definition) is 2. The summed E-state index contributed by atoms with van der Waals surface area (Å²) < 4.78 is 0. The number of rotatable bonds is 6. The molecule has 6 heteroatoms. The molecule has 0 saturated carbocycles. The zero-order valence-corrected chi connectivity index (χ0v) is 17.3. The molecule has 0 aliphatic carbocycles. The summed E-state index contributed by atoms with van der Waals surface area (Å²) in [5.74, 6) is -0.771. The van der Waals surface area contributed by atoms with Gasteiger partial charge in [0.25, 0.3) is 5.91 Å². The van der Waals surface area contributed by atoms with E-state index in [1.54, 1.807) is 6.08 Å². The van der Waals surface area contributed by atoms with Gasteiger partial charge in [-0.2, -0.15) is 0 Å². The highest BCUT2D eigenvalue weighted by Gasteiger charge is 2.27. The molecule has 0 saturated heterocycles. The van der Waals surface area contributed by atoms with E-state index in [1.165, 1.54) is 23.0 Å². The van der Waals surface area contributed by atoms with Crippen LogP contribution in [0.25, 0.3) is 6.08 Å². The standard InChI is InChI=1S/C24H23N3O2S/c25-23(29)22-19-13-14-27(15-18-9-5-2-6-10-18)16-20(19)30-24(22)26-21(28)12-11-17-7-3-1-4-8-17/h1-12H,13-16H2,(H2,25,29)(H,26,28). The van der Waals surface area contributed by atoms with Gasteiger partial charge in [-0.15, -0.1) is 11.3 Å². The Bertz CT molecular complexity index is 1070. The van der Waals surface area contributed by atoms with Gasteiger partial charge in [0.15, 0.2) is 0 Å². The topological polar surface area (TPSA) is 75.4 Å². The molecule has 2 heterocycles. The molecule has 5 nitrogen and oxygen atoms in total. The lowest BCUT2D eigenvalue weighted by molar-refractivity contribution is -0.111. The molecule has 1 aromatic heterocycles. The highest BCUT2D eigenvalue weighted by molar-refractivity contribution is 7.17. The van der Waals surface area contributed by atoms with Crippen molar-refractivity contribution >= 4 is 34.2 Å². The smallest absolute Gasteiger partial charge is 0.251 e. The summed E-state index contributed by atoms with van der Waals surface area (Å²) in [6.07, 6.45) is 3.96. The number of benzene rings is 2. The normalized spacial score (nSPS) is 13.9. The number of nitrogens with zero attached hydrogens (tertiary/aromatic N) is 1. The van der Waals surface area contributed by atoms with Crippen LogP contribution in [-0.4, -0.2) is 23.3 Å². The number of primary amides is 1. The van der Waals surface area contributed by atoms with E-state index in [0.29, 0.717) is 10.6 Å². The molecule has 2 amide bonds. The first-order valence-corrected chi connectivity index (χ1v) is 10.7. The van der Waals surface area contributed by atoms with Gasteiger partial charge in [-0.25, -0.2) is 0 Å². The molecule has 1 aliphatic heterocycles. The Morgan fingerprint density at radius 1 is 1.07 bits per heavy atom. The summed E-state index contributed by atoms with van der Waals surface area (Å²) in [7, 11) is 0. The number of nitrogens with two attached hydrogens (primary N) is 1. The van der Waals surface area contributed by atoms with Crippen LogP contribution in [0.5, 0.6) is 0 Å². The largest absolute Gasteiger partial charge is 0.365 e. The Morgan fingerprint density at radius 2 is 1.77 bits per heavy atom. The summed E-state index contributed by atoms with van der Waals surface area (Å²) in [6, 6.07) is 19.9. The van der Waals surface area contributed by atoms with Crippen LogP contribution in [0, 0.1) is 0 Å². The summed E-state index contributed by atoms with van der Waals surface area (Å²) in [4.78, 5) is 28.0. The molecular weight excluding hydrogens is 394 g/mol. The van der Waals surface area contributed by atoms with Crippen molar-refractivity contribution in [3.63, 3.8) is 0 Å². The van der Waals surface area contributed by atoms with E-state index in [-0.39, 0.29) is 5.91 Å². The van der Waals surface area contributed by atoms with Crippen LogP contribution < -0.4 is 11.1 Å². The van der Waals surface area contributed by atoms with Crippen LogP contribution in [0.15, 0.2) is 66.7 Å². The lowest BCUT2D eigenvalue weighted by Gasteiger charge is -2.27. The fourth-order valence-corrected chi connectivity index (χ4v) is 4.97. The average molecular weight is 418 g/mol. The maximum absolute atomic E-state index is 12.4. The van der Waals surface area contributed by atoms with E-state index in [2.05, 4.69) is 22.3 Å². The van der Waals surface area contributed by atoms with E-state index in [4.69, 9.17) is 5.73 Å². The second-order valence-electron chi connectivity index (χ2n) is 7.25. The molecule has 0 bridgehead atoms. The predicted octanol–water partition coefficient (Wildman–Crippen LogP) is 4.06. The van der Waals surface area contributed by atoms with E-state index >= 15 is 0 Å². The van der Waals surface area contributed by atoms with Gasteiger partial charge in [0.1, 0.15) is 5.00 Å². The molecule has 2 aromatic carbocycles. The maximum Gasteiger partial charge on any atom is 0.251 e. The number of anilines is 1. The third-order valence-corrected chi connectivity index (χ3v) is 6.23. The SMILES string of the molecule is NC(=O)c1c(NC(=O)C=Cc2ccccc2)sc2c1CCN(Cc1ccccc1)C2. The van der Waals surface area contributed by atoms with Gasteiger partial charge in [-0.05, 0) is 29.2 Å². The highest BCUT2D eigenvalue weighted by Crippen LogP contribution is 2.37. The molecule has 3 N–H and O–H groups in total. The third kappa shape index (κ3) is 4.67. The van der Waals surface area contributed by atoms with Crippen molar-refractivity contribution in [2.24, 2.45) is 5.73 Å². The summed E-state index contributed by atoms with van der Waals surface area (Å²) in [6.45, 7) is 2.44. The van der Waals surface area contributed by atoms with Crippen LogP contribution in [0.1, 0.15) is 31.9 Å². The third-order valence-electron chi connectivity index (χ3n) is 5.09. The number of carbonyl (C=O) groups is 2. The van der Waals surface area contributed by atoms with Crippen molar-refractivity contribution in [3.05, 3.63) is 93.9 Å². The molecule has 0 radical (unpaired) electrons. The Balaban J connectivity index is 1.50. The predicted molar refractivity (Wildman–Crippen MR) is 121 cm³/mol. The van der Waals surface area contributed by atoms with Crippen molar-refractivity contribution in [1.29, 1.82) is 0 Å². The van der Waals surface area contributed by atoms with Crippen molar-refractivity contribution < 1.29 is 9.59 Å². The monoisotopic (exact) mass is 417 g/mol. The molecule has 0 atom stereocenters. The van der Waals surface area contributed by atoms with Crippen LogP contribution >= 0.6 is 11.3 Å². The van der Waals surface area contributed by atoms with Gasteiger partial charge in [0.05, 0.1) is 5.56 Å². The molecule has 3 aromatic rings. The lowest BCUT2D eigenvalue weighted by Crippen LogP contribution is -2.30. The minimum atomic E-state index is -0.494. The van der Waals surface area contributed by atoms with Gasteiger partial charge >= 0.3 is 0 Å². The molecule has 1 aliphatic rings. The second kappa shape index (κ2) is 9.07. The first-order chi connectivity index (χ1) is 14.6. The Hall–Kier alpha value is -3.22. The first kappa shape index (κ1) is 20.1. The quantitative estimate of drug-likeness (QED) is 0.594. The molecule has 4 rings (SSSR count). The van der Waals surface area contributed by atoms with Crippen molar-refractivity contribution in [1.82, 2.24) is 4.90 Å². The van der Waals surface area contributed by atoms with Gasteiger partial charge < -0.3 is 11.1 Å². The van der Waals surface area contributed by atoms with Crippen LogP contribution in [0.2, 0.25) is 0 Å². The van der Waals surface area contributed by atoms with E-state index < -0.39 is 5.91 Å². The van der Waals surface area contributed by atoms with E-state index in [1.807, 2.05) is 48.5 Å². The maximum atomic E-state index is 12.4. The van der Waals surface area contributed by atoms with E-state index in [0.717, 1.165) is 42.1 Å². The minimum Gasteiger partial charge on any atom is -0.365 e. The lowest BCUT2D eigenvalue weighted by atomic mass is 10.0. The van der Waals surface area contributed by atoms with Gasteiger partial charge in [-0.3, -0.25) is 14.5 Å². The van der Waals surface area contributed by atoms with Crippen LogP contribution in [-0.2, 0) is 24.3 Å². The van der Waals surface area contributed by atoms with Crippen molar-refractivity contribution in [3.8, 4) is 0 Å². The van der Waals surface area contributed by atoms with Crippen molar-refractivity contribution in [2.75, 3.05) is 11.9 Å². The van der Waals surface area contributed by atoms with Gasteiger partial charge in [-0.1, -0.05) is 60.7 Å². The second-order valence-corrected chi connectivity index (χ2v) is 8.36. The number of thiophene rings is 1. The number of hydrogen-bond acceptors (Lipinski definition) is 4. The number of amides is 2. The van der Waals surface area contributed by atoms with Gasteiger partial charge in [0, 0.05) is 30.6 Å².